The van der Waals surface area contributed by atoms with Gasteiger partial charge in [-0.05, 0) is 42.7 Å². The molecule has 2 amide bonds. The Morgan fingerprint density at radius 3 is 2.78 bits per heavy atom. The number of likely N-dealkylation sites (tertiary alicyclic amines) is 1. The molecule has 23 heavy (non-hydrogen) atoms. The van der Waals surface area contributed by atoms with Gasteiger partial charge in [0, 0.05) is 19.6 Å². The number of hydrogen-bond donors (Lipinski definition) is 0. The van der Waals surface area contributed by atoms with Gasteiger partial charge in [-0.1, -0.05) is 6.92 Å². The van der Waals surface area contributed by atoms with E-state index in [0.29, 0.717) is 32.8 Å². The predicted molar refractivity (Wildman–Crippen MR) is 89.8 cm³/mol. The van der Waals surface area contributed by atoms with Gasteiger partial charge in [-0.25, -0.2) is 0 Å². The van der Waals surface area contributed by atoms with Gasteiger partial charge in [0.05, 0.1) is 18.1 Å². The van der Waals surface area contributed by atoms with Gasteiger partial charge < -0.3 is 14.5 Å². The van der Waals surface area contributed by atoms with E-state index in [2.05, 4.69) is 6.92 Å². The van der Waals surface area contributed by atoms with E-state index in [1.807, 2.05) is 21.2 Å². The van der Waals surface area contributed by atoms with Crippen molar-refractivity contribution < 1.29 is 14.3 Å². The molecule has 0 saturated carbocycles. The lowest BCUT2D eigenvalue weighted by atomic mass is 9.99. The summed E-state index contributed by atoms with van der Waals surface area (Å²) in [4.78, 5) is 30.3. The van der Waals surface area contributed by atoms with Crippen molar-refractivity contribution in [2.45, 2.75) is 38.6 Å². The lowest BCUT2D eigenvalue weighted by Crippen LogP contribution is -2.55. The Balaban J connectivity index is 1.78. The third kappa shape index (κ3) is 3.43. The molecule has 0 N–H and O–H groups in total. The predicted octanol–water partition coefficient (Wildman–Crippen LogP) is 2.16. The number of thiophene rings is 1. The van der Waals surface area contributed by atoms with Crippen LogP contribution in [-0.2, 0) is 16.0 Å². The number of ether oxygens (including phenoxy) is 1. The molecule has 1 aromatic rings. The van der Waals surface area contributed by atoms with Crippen molar-refractivity contribution >= 4 is 23.2 Å². The van der Waals surface area contributed by atoms with Gasteiger partial charge in [0.1, 0.15) is 6.04 Å². The van der Waals surface area contributed by atoms with Crippen molar-refractivity contribution in [1.29, 1.82) is 0 Å². The van der Waals surface area contributed by atoms with E-state index in [1.165, 1.54) is 11.3 Å². The van der Waals surface area contributed by atoms with E-state index in [-0.39, 0.29) is 17.9 Å². The maximum absolute atomic E-state index is 13.0. The Hall–Kier alpha value is -1.40. The Morgan fingerprint density at radius 2 is 2.04 bits per heavy atom. The van der Waals surface area contributed by atoms with E-state index in [1.54, 1.807) is 0 Å². The van der Waals surface area contributed by atoms with E-state index in [4.69, 9.17) is 4.74 Å². The largest absolute Gasteiger partial charge is 0.378 e. The number of hydrogen-bond acceptors (Lipinski definition) is 4. The Morgan fingerprint density at radius 1 is 1.26 bits per heavy atom. The van der Waals surface area contributed by atoms with Crippen LogP contribution >= 0.6 is 11.3 Å². The van der Waals surface area contributed by atoms with E-state index in [9.17, 15) is 9.59 Å². The molecule has 3 heterocycles. The van der Waals surface area contributed by atoms with Crippen LogP contribution in [0.5, 0.6) is 0 Å². The molecule has 6 heteroatoms. The molecule has 2 fully saturated rings. The molecular formula is C17H24N2O3S. The second kappa shape index (κ2) is 7.45. The Bertz CT molecular complexity index is 566. The molecule has 0 radical (unpaired) electrons. The summed E-state index contributed by atoms with van der Waals surface area (Å²) in [6.45, 7) is 5.20. The van der Waals surface area contributed by atoms with Crippen LogP contribution in [-0.4, -0.2) is 60.5 Å². The molecular weight excluding hydrogens is 312 g/mol. The number of carbonyl (C=O) groups is 2. The van der Waals surface area contributed by atoms with Crippen LogP contribution in [0.1, 0.15) is 41.4 Å². The molecule has 0 spiro atoms. The molecule has 1 aromatic heterocycles. The van der Waals surface area contributed by atoms with Crippen molar-refractivity contribution in [3.05, 3.63) is 21.9 Å². The van der Waals surface area contributed by atoms with Gasteiger partial charge in [0.2, 0.25) is 5.91 Å². The van der Waals surface area contributed by atoms with Crippen molar-refractivity contribution in [1.82, 2.24) is 9.80 Å². The van der Waals surface area contributed by atoms with Crippen LogP contribution in [0.3, 0.4) is 0 Å². The fourth-order valence-electron chi connectivity index (χ4n) is 3.36. The number of aryl methyl sites for hydroxylation is 1. The first-order chi connectivity index (χ1) is 11.2. The minimum absolute atomic E-state index is 0.0307. The minimum Gasteiger partial charge on any atom is -0.378 e. The van der Waals surface area contributed by atoms with E-state index >= 15 is 0 Å². The highest BCUT2D eigenvalue weighted by molar-refractivity contribution is 7.12. The van der Waals surface area contributed by atoms with Crippen molar-refractivity contribution in [3.63, 3.8) is 0 Å². The van der Waals surface area contributed by atoms with Gasteiger partial charge in [-0.2, -0.15) is 0 Å². The molecule has 3 rings (SSSR count). The molecule has 1 atom stereocenters. The van der Waals surface area contributed by atoms with Gasteiger partial charge in [0.15, 0.2) is 0 Å². The number of rotatable bonds is 3. The molecule has 0 bridgehead atoms. The Kier molecular flexibility index (Phi) is 5.33. The summed E-state index contributed by atoms with van der Waals surface area (Å²) in [5.41, 5.74) is 1.09. The van der Waals surface area contributed by atoms with Gasteiger partial charge in [-0.15, -0.1) is 11.3 Å². The molecule has 2 saturated heterocycles. The Labute approximate surface area is 141 Å². The van der Waals surface area contributed by atoms with Crippen LogP contribution in [0.25, 0.3) is 0 Å². The van der Waals surface area contributed by atoms with Gasteiger partial charge in [0.25, 0.3) is 5.91 Å². The van der Waals surface area contributed by atoms with Crippen LogP contribution in [0, 0.1) is 0 Å². The summed E-state index contributed by atoms with van der Waals surface area (Å²) in [6.07, 6.45) is 3.61. The summed E-state index contributed by atoms with van der Waals surface area (Å²) < 4.78 is 5.33. The average Bonchev–Trinajstić information content (AvgIpc) is 3.10. The van der Waals surface area contributed by atoms with Gasteiger partial charge >= 0.3 is 0 Å². The first kappa shape index (κ1) is 16.5. The molecule has 5 nitrogen and oxygen atoms in total. The number of amides is 2. The zero-order valence-electron chi connectivity index (χ0n) is 13.6. The van der Waals surface area contributed by atoms with Crippen LogP contribution in [0.15, 0.2) is 11.4 Å². The average molecular weight is 336 g/mol. The number of morpholine rings is 1. The monoisotopic (exact) mass is 336 g/mol. The van der Waals surface area contributed by atoms with Crippen molar-refractivity contribution in [2.75, 3.05) is 32.8 Å². The molecule has 0 aromatic carbocycles. The topological polar surface area (TPSA) is 49.9 Å². The first-order valence-corrected chi connectivity index (χ1v) is 9.34. The third-order valence-corrected chi connectivity index (χ3v) is 5.64. The lowest BCUT2D eigenvalue weighted by Gasteiger charge is -2.38. The summed E-state index contributed by atoms with van der Waals surface area (Å²) in [5, 5.41) is 1.97. The highest BCUT2D eigenvalue weighted by Crippen LogP contribution is 2.26. The summed E-state index contributed by atoms with van der Waals surface area (Å²) in [6, 6.07) is 1.71. The second-order valence-electron chi connectivity index (χ2n) is 6.08. The zero-order chi connectivity index (χ0) is 16.2. The number of nitrogens with zero attached hydrogens (tertiary/aromatic N) is 2. The van der Waals surface area contributed by atoms with Crippen molar-refractivity contribution in [2.24, 2.45) is 0 Å². The van der Waals surface area contributed by atoms with Crippen LogP contribution in [0.4, 0.5) is 0 Å². The summed E-state index contributed by atoms with van der Waals surface area (Å²) in [7, 11) is 0. The maximum Gasteiger partial charge on any atom is 0.264 e. The standard InChI is InChI=1S/C17H24N2O3S/c1-2-13-6-12-23-15(13)17(21)19-7-4-3-5-14(19)16(20)18-8-10-22-11-9-18/h6,12,14H,2-5,7-11H2,1H3/t14-/m1/s1. The normalized spacial score (nSPS) is 22.2. The molecule has 2 aliphatic heterocycles. The quantitative estimate of drug-likeness (QED) is 0.850. The molecule has 0 unspecified atom stereocenters. The molecule has 2 aliphatic rings. The molecule has 0 aliphatic carbocycles. The minimum atomic E-state index is -0.304. The SMILES string of the molecule is CCc1ccsc1C(=O)N1CCCC[C@@H]1C(=O)N1CCOCC1. The van der Waals surface area contributed by atoms with Crippen LogP contribution in [0.2, 0.25) is 0 Å². The second-order valence-corrected chi connectivity index (χ2v) is 6.99. The van der Waals surface area contributed by atoms with Crippen LogP contribution < -0.4 is 0 Å². The van der Waals surface area contributed by atoms with Gasteiger partial charge in [-0.3, -0.25) is 9.59 Å². The molecule has 126 valence electrons. The first-order valence-electron chi connectivity index (χ1n) is 8.46. The maximum atomic E-state index is 13.0. The highest BCUT2D eigenvalue weighted by atomic mass is 32.1. The van der Waals surface area contributed by atoms with E-state index in [0.717, 1.165) is 36.1 Å². The number of carbonyl (C=O) groups excluding carboxylic acids is 2. The fourth-order valence-corrected chi connectivity index (χ4v) is 4.31. The third-order valence-electron chi connectivity index (χ3n) is 4.69. The number of piperidine rings is 1. The zero-order valence-corrected chi connectivity index (χ0v) is 14.4. The smallest absolute Gasteiger partial charge is 0.264 e. The highest BCUT2D eigenvalue weighted by Gasteiger charge is 2.36. The lowest BCUT2D eigenvalue weighted by molar-refractivity contribution is -0.141. The van der Waals surface area contributed by atoms with E-state index < -0.39 is 0 Å². The summed E-state index contributed by atoms with van der Waals surface area (Å²) in [5.74, 6) is 0.124. The van der Waals surface area contributed by atoms with Crippen molar-refractivity contribution in [3.8, 4) is 0 Å². The summed E-state index contributed by atoms with van der Waals surface area (Å²) >= 11 is 1.49. The fraction of sp³-hybridized carbons (Fsp3) is 0.647.